The fourth-order valence-corrected chi connectivity index (χ4v) is 8.36. The molecule has 6 rings (SSSR count). The number of esters is 2. The second kappa shape index (κ2) is 14.3. The topological polar surface area (TPSA) is 232 Å². The van der Waals surface area contributed by atoms with Crippen molar-refractivity contribution >= 4 is 36.7 Å². The molecule has 272 valence electrons. The number of rotatable bonds is 15. The van der Waals surface area contributed by atoms with E-state index in [2.05, 4.69) is 25.1 Å². The van der Waals surface area contributed by atoms with Gasteiger partial charge < -0.3 is 44.0 Å². The van der Waals surface area contributed by atoms with Gasteiger partial charge in [0.05, 0.1) is 33.3 Å². The van der Waals surface area contributed by atoms with E-state index in [1.165, 1.54) is 18.0 Å². The number of carbonyl (C=O) groups excluding carboxylic acids is 2. The van der Waals surface area contributed by atoms with Gasteiger partial charge in [0.15, 0.2) is 11.2 Å². The molecule has 51 heavy (non-hydrogen) atoms. The van der Waals surface area contributed by atoms with Crippen molar-refractivity contribution in [3.63, 3.8) is 0 Å². The predicted molar refractivity (Wildman–Crippen MR) is 181 cm³/mol. The minimum Gasteiger partial charge on any atom is -0.479 e. The molecule has 1 aliphatic heterocycles. The van der Waals surface area contributed by atoms with Crippen LogP contribution >= 0.6 is 7.67 Å². The van der Waals surface area contributed by atoms with E-state index in [0.29, 0.717) is 16.6 Å². The highest BCUT2D eigenvalue weighted by Gasteiger charge is 2.85. The number of aliphatic hydroxyl groups excluding tert-OH is 1. The van der Waals surface area contributed by atoms with Gasteiger partial charge >= 0.3 is 19.6 Å². The molecule has 8 atom stereocenters. The highest BCUT2D eigenvalue weighted by atomic mass is 31.2. The lowest BCUT2D eigenvalue weighted by Gasteiger charge is -2.30. The Balaban J connectivity index is 1.29. The number of hydrogen-bond acceptors (Lipinski definition) is 14. The van der Waals surface area contributed by atoms with Crippen LogP contribution in [0.2, 0.25) is 0 Å². The fraction of sp³-hybridized carbons (Fsp3) is 0.424. The molecule has 3 heterocycles. The van der Waals surface area contributed by atoms with Crippen LogP contribution in [0.1, 0.15) is 50.0 Å². The van der Waals surface area contributed by atoms with Crippen LogP contribution in [0, 0.1) is 0 Å². The molecule has 0 spiro atoms. The molecular formula is C33H40N7O10P. The summed E-state index contributed by atoms with van der Waals surface area (Å²) in [7, 11) is -3.08. The molecule has 5 unspecified atom stereocenters. The van der Waals surface area contributed by atoms with E-state index in [9.17, 15) is 24.4 Å². The van der Waals surface area contributed by atoms with Crippen molar-refractivity contribution in [1.29, 1.82) is 0 Å². The first-order chi connectivity index (χ1) is 24.4. The molecular weight excluding hydrogens is 685 g/mol. The maximum Gasteiger partial charge on any atom is 0.342 e. The number of ether oxygens (including phenoxy) is 4. The fourth-order valence-electron chi connectivity index (χ4n) is 6.59. The van der Waals surface area contributed by atoms with Gasteiger partial charge in [-0.1, -0.05) is 60.7 Å². The number of benzene rings is 2. The van der Waals surface area contributed by atoms with Crippen LogP contribution in [-0.2, 0) is 32.9 Å². The number of nitrogens with zero attached hydrogens (tertiary/aromatic N) is 4. The number of anilines is 1. The Kier molecular flexibility index (Phi) is 10.2. The van der Waals surface area contributed by atoms with E-state index in [-0.39, 0.29) is 30.7 Å². The number of imidazole rings is 1. The Morgan fingerprint density at radius 1 is 1.00 bits per heavy atom. The minimum absolute atomic E-state index is 0.0376. The van der Waals surface area contributed by atoms with E-state index in [1.54, 1.807) is 81.4 Å². The highest BCUT2D eigenvalue weighted by molar-refractivity contribution is 7.54. The van der Waals surface area contributed by atoms with Crippen LogP contribution in [0.5, 0.6) is 5.88 Å². The summed E-state index contributed by atoms with van der Waals surface area (Å²) in [4.78, 5) is 39.1. The van der Waals surface area contributed by atoms with E-state index in [1.807, 2.05) is 0 Å². The minimum atomic E-state index is -4.49. The summed E-state index contributed by atoms with van der Waals surface area (Å²) < 4.78 is 44.5. The van der Waals surface area contributed by atoms with Crippen LogP contribution in [-0.4, -0.2) is 92.0 Å². The molecule has 2 fully saturated rings. The molecule has 2 aliphatic rings. The van der Waals surface area contributed by atoms with Gasteiger partial charge in [-0.05, 0) is 31.9 Å². The number of nitrogens with two attached hydrogens (primary N) is 1. The molecule has 2 aromatic carbocycles. The Labute approximate surface area is 293 Å². The second-order valence-corrected chi connectivity index (χ2v) is 14.0. The van der Waals surface area contributed by atoms with E-state index < -0.39 is 67.8 Å². The van der Waals surface area contributed by atoms with Gasteiger partial charge in [-0.2, -0.15) is 9.97 Å². The maximum absolute atomic E-state index is 14.9. The molecule has 0 radical (unpaired) electrons. The molecule has 6 N–H and O–H groups in total. The van der Waals surface area contributed by atoms with Gasteiger partial charge in [0, 0.05) is 0 Å². The summed E-state index contributed by atoms with van der Waals surface area (Å²) in [5.74, 6) is -1.45. The monoisotopic (exact) mass is 725 g/mol. The average molecular weight is 726 g/mol. The van der Waals surface area contributed by atoms with Gasteiger partial charge in [-0.15, -0.1) is 0 Å². The van der Waals surface area contributed by atoms with Crippen molar-refractivity contribution in [2.24, 2.45) is 0 Å². The van der Waals surface area contributed by atoms with Gasteiger partial charge in [0.1, 0.15) is 41.5 Å². The summed E-state index contributed by atoms with van der Waals surface area (Å²) in [6.07, 6.45) is -1.37. The summed E-state index contributed by atoms with van der Waals surface area (Å²) in [6.45, 7) is 4.39. The van der Waals surface area contributed by atoms with Crippen LogP contribution in [0.25, 0.3) is 11.2 Å². The smallest absolute Gasteiger partial charge is 0.342 e. The Hall–Kier alpha value is -4.48. The first kappa shape index (κ1) is 36.3. The number of aliphatic hydroxyl groups is 2. The first-order valence-electron chi connectivity index (χ1n) is 16.3. The maximum atomic E-state index is 14.9. The van der Waals surface area contributed by atoms with Crippen molar-refractivity contribution in [1.82, 2.24) is 29.7 Å². The van der Waals surface area contributed by atoms with Crippen molar-refractivity contribution in [2.45, 2.75) is 62.3 Å². The third-order valence-electron chi connectivity index (χ3n) is 9.06. The third-order valence-corrected chi connectivity index (χ3v) is 10.8. The number of nitrogens with one attached hydrogen (secondary N) is 2. The molecule has 1 aliphatic carbocycles. The van der Waals surface area contributed by atoms with E-state index >= 15 is 0 Å². The largest absolute Gasteiger partial charge is 0.479 e. The van der Waals surface area contributed by atoms with Crippen LogP contribution < -0.4 is 20.6 Å². The second-order valence-electron chi connectivity index (χ2n) is 12.1. The number of hydrogen-bond donors (Lipinski definition) is 5. The van der Waals surface area contributed by atoms with Gasteiger partial charge in [0.2, 0.25) is 11.8 Å². The van der Waals surface area contributed by atoms with Crippen molar-refractivity contribution in [3.8, 4) is 5.88 Å². The zero-order valence-electron chi connectivity index (χ0n) is 28.3. The van der Waals surface area contributed by atoms with Crippen molar-refractivity contribution in [2.75, 3.05) is 32.7 Å². The normalized spacial score (nSPS) is 26.1. The summed E-state index contributed by atoms with van der Waals surface area (Å²) in [5, 5.41) is 28.9. The number of nitrogen functional groups attached to an aromatic ring is 1. The van der Waals surface area contributed by atoms with E-state index in [4.69, 9.17) is 29.2 Å². The quantitative estimate of drug-likeness (QED) is 0.0873. The predicted octanol–water partition coefficient (Wildman–Crippen LogP) is 2.13. The van der Waals surface area contributed by atoms with Crippen LogP contribution in [0.4, 0.5) is 5.95 Å². The molecule has 0 bridgehead atoms. The number of fused-ring (bicyclic) bond motifs is 2. The molecule has 17 nitrogen and oxygen atoms in total. The molecule has 18 heteroatoms. The lowest BCUT2D eigenvalue weighted by Crippen LogP contribution is -2.42. The Morgan fingerprint density at radius 3 is 2.02 bits per heavy atom. The summed E-state index contributed by atoms with van der Waals surface area (Å²) in [6, 6.07) is 13.4. The van der Waals surface area contributed by atoms with Gasteiger partial charge in [0.25, 0.3) is 0 Å². The standard InChI is InChI=1S/C33H40N7O10P/c1-5-47-28(42)22(19-13-9-7-10-14-19)38-51(45,39-23(29(43)48-6-2)20-15-11-8-12-16-20)49-17-21-25(41)33(44)30(32(33,3)50-21)40-18-35-24-26(40)36-31(34)37-27(24)46-4/h7-16,18,21-23,25,30,41,44H,5-6,17H2,1-4H3,(H2,34,36,37)(H2,38,39,45)/t21-,22-,23?,25?,30-,32?,33?,51?/m1/s1. The summed E-state index contributed by atoms with van der Waals surface area (Å²) >= 11 is 0. The lowest BCUT2D eigenvalue weighted by atomic mass is 10.1. The average Bonchev–Trinajstić information content (AvgIpc) is 3.32. The Morgan fingerprint density at radius 2 is 1.55 bits per heavy atom. The zero-order valence-corrected chi connectivity index (χ0v) is 29.2. The molecule has 1 saturated heterocycles. The first-order valence-corrected chi connectivity index (χ1v) is 17.9. The Bertz CT molecular complexity index is 1870. The zero-order chi connectivity index (χ0) is 36.6. The van der Waals surface area contributed by atoms with Crippen molar-refractivity contribution in [3.05, 3.63) is 78.1 Å². The number of methoxy groups -OCH3 is 1. The van der Waals surface area contributed by atoms with Gasteiger partial charge in [-0.3, -0.25) is 4.57 Å². The third kappa shape index (κ3) is 6.57. The SMILES string of the molecule is CCOC(=O)C(NP(=O)(N[C@@H](C(=O)OCC)c1ccccc1)OC[C@H]1OC2(C)[C@@H](n3cnc4c(OC)nc(N)nc43)C2(O)C1O)c1ccccc1. The van der Waals surface area contributed by atoms with Gasteiger partial charge in [-0.25, -0.2) is 24.7 Å². The highest BCUT2D eigenvalue weighted by Crippen LogP contribution is 2.68. The molecule has 2 aromatic heterocycles. The molecule has 1 saturated carbocycles. The lowest BCUT2D eigenvalue weighted by molar-refractivity contribution is -0.145. The van der Waals surface area contributed by atoms with Crippen molar-refractivity contribution < 1.29 is 47.8 Å². The van der Waals surface area contributed by atoms with Crippen LogP contribution in [0.3, 0.4) is 0 Å². The number of aromatic nitrogens is 4. The molecule has 4 aromatic rings. The summed E-state index contributed by atoms with van der Waals surface area (Å²) in [5.41, 5.74) is 4.01. The van der Waals surface area contributed by atoms with E-state index in [0.717, 1.165) is 0 Å². The molecule has 0 amide bonds. The number of carbonyl (C=O) groups is 2. The van der Waals surface area contributed by atoms with Crippen LogP contribution in [0.15, 0.2) is 67.0 Å².